The molecule has 2 aromatic rings. The summed E-state index contributed by atoms with van der Waals surface area (Å²) in [4.78, 5) is 15.3. The number of hydrogen-bond acceptors (Lipinski definition) is 3. The Labute approximate surface area is 104 Å². The van der Waals surface area contributed by atoms with Gasteiger partial charge in [-0.25, -0.2) is 13.8 Å². The molecule has 0 aliphatic rings. The van der Waals surface area contributed by atoms with Crippen molar-refractivity contribution in [2.45, 2.75) is 0 Å². The van der Waals surface area contributed by atoms with Gasteiger partial charge < -0.3 is 5.32 Å². The highest BCUT2D eigenvalue weighted by Crippen LogP contribution is 2.26. The van der Waals surface area contributed by atoms with Crippen LogP contribution in [-0.4, -0.2) is 10.9 Å². The summed E-state index contributed by atoms with van der Waals surface area (Å²) >= 11 is 6.86. The van der Waals surface area contributed by atoms with E-state index in [4.69, 9.17) is 11.6 Å². The fourth-order valence-electron chi connectivity index (χ4n) is 1.16. The molecule has 0 aliphatic heterocycles. The maximum absolute atomic E-state index is 13.4. The van der Waals surface area contributed by atoms with Crippen molar-refractivity contribution in [3.63, 3.8) is 0 Å². The van der Waals surface area contributed by atoms with Crippen LogP contribution in [0.4, 0.5) is 14.5 Å². The van der Waals surface area contributed by atoms with E-state index in [9.17, 15) is 13.6 Å². The molecule has 2 rings (SSSR count). The van der Waals surface area contributed by atoms with Crippen LogP contribution in [0.1, 0.15) is 10.5 Å². The zero-order chi connectivity index (χ0) is 12.4. The monoisotopic (exact) mass is 274 g/mol. The molecule has 0 aliphatic carbocycles. The molecule has 88 valence electrons. The number of amides is 1. The number of nitrogens with one attached hydrogen (secondary N) is 1. The van der Waals surface area contributed by atoms with Crippen LogP contribution >= 0.6 is 22.9 Å². The van der Waals surface area contributed by atoms with E-state index in [0.717, 1.165) is 6.07 Å². The lowest BCUT2D eigenvalue weighted by Crippen LogP contribution is -2.13. The lowest BCUT2D eigenvalue weighted by Gasteiger charge is -2.07. The van der Waals surface area contributed by atoms with E-state index in [1.54, 1.807) is 0 Å². The molecule has 0 bridgehead atoms. The summed E-state index contributed by atoms with van der Waals surface area (Å²) in [5, 5.41) is 3.54. The Bertz CT molecular complexity index is 536. The maximum atomic E-state index is 13.4. The highest BCUT2D eigenvalue weighted by molar-refractivity contribution is 7.07. The lowest BCUT2D eigenvalue weighted by molar-refractivity contribution is 0.102. The summed E-state index contributed by atoms with van der Waals surface area (Å²) in [6.07, 6.45) is 0. The number of thiazole rings is 1. The van der Waals surface area contributed by atoms with E-state index in [2.05, 4.69) is 10.3 Å². The predicted octanol–water partition coefficient (Wildman–Crippen LogP) is 3.33. The quantitative estimate of drug-likeness (QED) is 0.913. The second-order valence-electron chi connectivity index (χ2n) is 3.07. The minimum absolute atomic E-state index is 0.148. The molecule has 0 saturated heterocycles. The Morgan fingerprint density at radius 3 is 2.76 bits per heavy atom. The van der Waals surface area contributed by atoms with Crippen LogP contribution < -0.4 is 5.32 Å². The first-order valence-corrected chi connectivity index (χ1v) is 5.74. The van der Waals surface area contributed by atoms with Crippen LogP contribution in [0.25, 0.3) is 0 Å². The van der Waals surface area contributed by atoms with E-state index in [0.29, 0.717) is 6.07 Å². The molecule has 1 heterocycles. The van der Waals surface area contributed by atoms with Crippen molar-refractivity contribution in [3.05, 3.63) is 45.4 Å². The van der Waals surface area contributed by atoms with E-state index in [-0.39, 0.29) is 16.4 Å². The van der Waals surface area contributed by atoms with E-state index < -0.39 is 17.5 Å². The number of carbonyl (C=O) groups excluding carboxylic acids is 1. The summed E-state index contributed by atoms with van der Waals surface area (Å²) in [5.41, 5.74) is 1.36. The highest BCUT2D eigenvalue weighted by Gasteiger charge is 2.15. The van der Waals surface area contributed by atoms with Gasteiger partial charge in [0.25, 0.3) is 5.91 Å². The third kappa shape index (κ3) is 2.59. The molecule has 1 aromatic carbocycles. The van der Waals surface area contributed by atoms with Gasteiger partial charge in [0.15, 0.2) is 5.82 Å². The van der Waals surface area contributed by atoms with Gasteiger partial charge in [0, 0.05) is 11.4 Å². The third-order valence-electron chi connectivity index (χ3n) is 1.91. The SMILES string of the molecule is O=C(Nc1c(F)cc(F)cc1Cl)c1cscn1. The van der Waals surface area contributed by atoms with Gasteiger partial charge in [0.05, 0.1) is 16.2 Å². The standard InChI is InChI=1S/C10H5ClF2N2OS/c11-6-1-5(12)2-7(13)9(6)15-10(16)8-3-17-4-14-8/h1-4H,(H,15,16). The Hall–Kier alpha value is -1.53. The third-order valence-corrected chi connectivity index (χ3v) is 2.79. The van der Waals surface area contributed by atoms with Crippen molar-refractivity contribution < 1.29 is 13.6 Å². The number of benzene rings is 1. The Morgan fingerprint density at radius 2 is 2.18 bits per heavy atom. The van der Waals surface area contributed by atoms with Crippen molar-refractivity contribution in [1.29, 1.82) is 0 Å². The number of rotatable bonds is 2. The van der Waals surface area contributed by atoms with Crippen molar-refractivity contribution in [2.75, 3.05) is 5.32 Å². The molecule has 1 amide bonds. The van der Waals surface area contributed by atoms with Crippen LogP contribution in [-0.2, 0) is 0 Å². The van der Waals surface area contributed by atoms with Gasteiger partial charge >= 0.3 is 0 Å². The van der Waals surface area contributed by atoms with Gasteiger partial charge in [-0.15, -0.1) is 11.3 Å². The lowest BCUT2D eigenvalue weighted by atomic mass is 10.3. The number of aromatic nitrogens is 1. The van der Waals surface area contributed by atoms with E-state index in [1.165, 1.54) is 22.2 Å². The first-order chi connectivity index (χ1) is 8.08. The molecule has 0 saturated carbocycles. The highest BCUT2D eigenvalue weighted by atomic mass is 35.5. The minimum Gasteiger partial charge on any atom is -0.317 e. The second kappa shape index (κ2) is 4.77. The largest absolute Gasteiger partial charge is 0.317 e. The van der Waals surface area contributed by atoms with Crippen LogP contribution in [0.2, 0.25) is 5.02 Å². The molecule has 1 aromatic heterocycles. The molecular formula is C10H5ClF2N2OS. The van der Waals surface area contributed by atoms with E-state index in [1.807, 2.05) is 0 Å². The first kappa shape index (κ1) is 11.9. The molecular weight excluding hydrogens is 270 g/mol. The molecule has 1 N–H and O–H groups in total. The van der Waals surface area contributed by atoms with Crippen LogP contribution in [0.3, 0.4) is 0 Å². The second-order valence-corrected chi connectivity index (χ2v) is 4.20. The molecule has 7 heteroatoms. The Balaban J connectivity index is 2.28. The van der Waals surface area contributed by atoms with Crippen molar-refractivity contribution in [2.24, 2.45) is 0 Å². The Kier molecular flexibility index (Phi) is 3.35. The molecule has 0 atom stereocenters. The normalized spacial score (nSPS) is 10.3. The summed E-state index contributed by atoms with van der Waals surface area (Å²) in [5.74, 6) is -2.34. The summed E-state index contributed by atoms with van der Waals surface area (Å²) in [6.45, 7) is 0. The Morgan fingerprint density at radius 1 is 1.41 bits per heavy atom. The van der Waals surface area contributed by atoms with Crippen molar-refractivity contribution in [1.82, 2.24) is 4.98 Å². The van der Waals surface area contributed by atoms with Gasteiger partial charge in [-0.2, -0.15) is 0 Å². The zero-order valence-electron chi connectivity index (χ0n) is 8.21. The van der Waals surface area contributed by atoms with Crippen LogP contribution in [0.5, 0.6) is 0 Å². The van der Waals surface area contributed by atoms with Gasteiger partial charge in [-0.1, -0.05) is 11.6 Å². The van der Waals surface area contributed by atoms with Gasteiger partial charge in [-0.3, -0.25) is 4.79 Å². The fourth-order valence-corrected chi connectivity index (χ4v) is 1.94. The molecule has 0 unspecified atom stereocenters. The minimum atomic E-state index is -0.932. The predicted molar refractivity (Wildman–Crippen MR) is 61.4 cm³/mol. The summed E-state index contributed by atoms with van der Waals surface area (Å²) in [7, 11) is 0. The zero-order valence-corrected chi connectivity index (χ0v) is 9.78. The smallest absolute Gasteiger partial charge is 0.275 e. The first-order valence-electron chi connectivity index (χ1n) is 4.42. The summed E-state index contributed by atoms with van der Waals surface area (Å²) < 4.78 is 26.1. The molecule has 17 heavy (non-hydrogen) atoms. The molecule has 0 fully saturated rings. The average Bonchev–Trinajstić information content (AvgIpc) is 2.76. The summed E-state index contributed by atoms with van der Waals surface area (Å²) in [6, 6.07) is 1.56. The van der Waals surface area contributed by atoms with Gasteiger partial charge in [0.2, 0.25) is 0 Å². The number of anilines is 1. The fraction of sp³-hybridized carbons (Fsp3) is 0. The van der Waals surface area contributed by atoms with Crippen LogP contribution in [0.15, 0.2) is 23.0 Å². The van der Waals surface area contributed by atoms with Gasteiger partial charge in [-0.05, 0) is 6.07 Å². The van der Waals surface area contributed by atoms with Crippen LogP contribution in [0, 0.1) is 11.6 Å². The number of carbonyl (C=O) groups is 1. The molecule has 3 nitrogen and oxygen atoms in total. The molecule has 0 spiro atoms. The topological polar surface area (TPSA) is 42.0 Å². The molecule has 0 radical (unpaired) electrons. The number of halogens is 3. The number of nitrogens with zero attached hydrogens (tertiary/aromatic N) is 1. The van der Waals surface area contributed by atoms with Crippen molar-refractivity contribution in [3.8, 4) is 0 Å². The van der Waals surface area contributed by atoms with Crippen molar-refractivity contribution >= 4 is 34.5 Å². The van der Waals surface area contributed by atoms with Gasteiger partial charge in [0.1, 0.15) is 11.5 Å². The number of hydrogen-bond donors (Lipinski definition) is 1. The maximum Gasteiger partial charge on any atom is 0.275 e. The average molecular weight is 275 g/mol. The van der Waals surface area contributed by atoms with E-state index >= 15 is 0 Å².